The highest BCUT2D eigenvalue weighted by Crippen LogP contribution is 2.26. The molecule has 0 aliphatic heterocycles. The van der Waals surface area contributed by atoms with Gasteiger partial charge in [-0.25, -0.2) is 8.42 Å². The summed E-state index contributed by atoms with van der Waals surface area (Å²) in [5, 5.41) is 2.92. The van der Waals surface area contributed by atoms with Crippen molar-refractivity contribution in [3.05, 3.63) is 58.1 Å². The fourth-order valence-electron chi connectivity index (χ4n) is 2.69. The van der Waals surface area contributed by atoms with E-state index in [1.54, 1.807) is 13.8 Å². The molecule has 0 saturated carbocycles. The van der Waals surface area contributed by atoms with Crippen LogP contribution in [-0.4, -0.2) is 31.7 Å². The Bertz CT molecular complexity index is 922. The topological polar surface area (TPSA) is 66.5 Å². The molecule has 0 aliphatic rings. The van der Waals surface area contributed by atoms with E-state index in [-0.39, 0.29) is 21.4 Å². The number of nitrogens with zero attached hydrogens (tertiary/aromatic N) is 1. The zero-order valence-electron chi connectivity index (χ0n) is 15.3. The molecule has 2 aromatic rings. The summed E-state index contributed by atoms with van der Waals surface area (Å²) in [4.78, 5) is 12.5. The zero-order valence-corrected chi connectivity index (χ0v) is 16.9. The summed E-state index contributed by atoms with van der Waals surface area (Å²) < 4.78 is 26.8. The SMILES string of the molecule is CCN(CC)S(=O)(=O)c1cc(C(=O)Nc2ccc(C)cc2C)ccc1Cl. The number of carbonyl (C=O) groups is 1. The minimum absolute atomic E-state index is 0.0591. The highest BCUT2D eigenvalue weighted by atomic mass is 35.5. The molecule has 1 N–H and O–H groups in total. The normalized spacial score (nSPS) is 11.6. The molecule has 2 rings (SSSR count). The molecule has 0 saturated heterocycles. The Balaban J connectivity index is 2.38. The number of rotatable bonds is 6. The standard InChI is InChI=1S/C19H23ClN2O3S/c1-5-22(6-2)26(24,25)18-12-15(8-9-16(18)20)19(23)21-17-10-7-13(3)11-14(17)4/h7-12H,5-6H2,1-4H3,(H,21,23). The van der Waals surface area contributed by atoms with Crippen molar-refractivity contribution in [1.82, 2.24) is 4.31 Å². The lowest BCUT2D eigenvalue weighted by molar-refractivity contribution is 0.102. The van der Waals surface area contributed by atoms with Crippen molar-refractivity contribution in [2.24, 2.45) is 0 Å². The summed E-state index contributed by atoms with van der Waals surface area (Å²) in [5.41, 5.74) is 2.95. The van der Waals surface area contributed by atoms with E-state index in [0.717, 1.165) is 11.1 Å². The third-order valence-corrected chi connectivity index (χ3v) is 6.68. The summed E-state index contributed by atoms with van der Waals surface area (Å²) in [6.07, 6.45) is 0. The molecule has 1 amide bonds. The molecule has 5 nitrogen and oxygen atoms in total. The van der Waals surface area contributed by atoms with Gasteiger partial charge in [-0.05, 0) is 43.7 Å². The maximum Gasteiger partial charge on any atom is 0.255 e. The Morgan fingerprint density at radius 2 is 1.73 bits per heavy atom. The average Bonchev–Trinajstić information content (AvgIpc) is 2.58. The minimum Gasteiger partial charge on any atom is -0.322 e. The van der Waals surface area contributed by atoms with Gasteiger partial charge in [-0.15, -0.1) is 0 Å². The van der Waals surface area contributed by atoms with E-state index in [0.29, 0.717) is 18.8 Å². The van der Waals surface area contributed by atoms with Gasteiger partial charge in [0.1, 0.15) is 4.90 Å². The monoisotopic (exact) mass is 394 g/mol. The van der Waals surface area contributed by atoms with Crippen LogP contribution in [-0.2, 0) is 10.0 Å². The maximum absolute atomic E-state index is 12.7. The summed E-state index contributed by atoms with van der Waals surface area (Å²) in [7, 11) is -3.75. The molecule has 2 aromatic carbocycles. The second-order valence-corrected chi connectivity index (χ2v) is 8.32. The number of anilines is 1. The van der Waals surface area contributed by atoms with Crippen LogP contribution < -0.4 is 5.32 Å². The molecular weight excluding hydrogens is 372 g/mol. The molecule has 0 fully saturated rings. The van der Waals surface area contributed by atoms with Crippen LogP contribution in [0, 0.1) is 13.8 Å². The van der Waals surface area contributed by atoms with Crippen molar-refractivity contribution in [3.63, 3.8) is 0 Å². The Hall–Kier alpha value is -1.89. The quantitative estimate of drug-likeness (QED) is 0.796. The molecule has 0 aromatic heterocycles. The summed E-state index contributed by atoms with van der Waals surface area (Å²) in [5.74, 6) is -0.385. The summed E-state index contributed by atoms with van der Waals surface area (Å²) >= 11 is 6.11. The Kier molecular flexibility index (Phi) is 6.44. The first kappa shape index (κ1) is 20.4. The first-order valence-electron chi connectivity index (χ1n) is 8.39. The van der Waals surface area contributed by atoms with Crippen LogP contribution >= 0.6 is 11.6 Å². The Morgan fingerprint density at radius 1 is 1.08 bits per heavy atom. The predicted molar refractivity (Wildman–Crippen MR) is 105 cm³/mol. The molecule has 140 valence electrons. The zero-order chi connectivity index (χ0) is 19.5. The molecule has 0 unspecified atom stereocenters. The smallest absolute Gasteiger partial charge is 0.255 e. The van der Waals surface area contributed by atoms with E-state index in [9.17, 15) is 13.2 Å². The van der Waals surface area contributed by atoms with Crippen molar-refractivity contribution in [2.45, 2.75) is 32.6 Å². The van der Waals surface area contributed by atoms with Crippen LogP contribution in [0.1, 0.15) is 35.3 Å². The third-order valence-electron chi connectivity index (χ3n) is 4.15. The number of carbonyl (C=O) groups excluding carboxylic acids is 1. The van der Waals surface area contributed by atoms with E-state index >= 15 is 0 Å². The van der Waals surface area contributed by atoms with Crippen LogP contribution in [0.3, 0.4) is 0 Å². The number of aryl methyl sites for hydroxylation is 2. The second-order valence-electron chi connectivity index (χ2n) is 6.01. The van der Waals surface area contributed by atoms with Crippen molar-refractivity contribution >= 4 is 33.2 Å². The van der Waals surface area contributed by atoms with Gasteiger partial charge in [0.25, 0.3) is 5.91 Å². The molecule has 0 atom stereocenters. The van der Waals surface area contributed by atoms with E-state index in [2.05, 4.69) is 5.32 Å². The number of amides is 1. The van der Waals surface area contributed by atoms with E-state index < -0.39 is 10.0 Å². The first-order chi connectivity index (χ1) is 12.2. The molecule has 26 heavy (non-hydrogen) atoms. The van der Waals surface area contributed by atoms with Crippen LogP contribution in [0.2, 0.25) is 5.02 Å². The van der Waals surface area contributed by atoms with Gasteiger partial charge in [0.2, 0.25) is 10.0 Å². The number of halogens is 1. The largest absolute Gasteiger partial charge is 0.322 e. The van der Waals surface area contributed by atoms with Gasteiger partial charge in [-0.2, -0.15) is 4.31 Å². The highest BCUT2D eigenvalue weighted by molar-refractivity contribution is 7.89. The van der Waals surface area contributed by atoms with Gasteiger partial charge in [0.15, 0.2) is 0 Å². The third kappa shape index (κ3) is 4.26. The first-order valence-corrected chi connectivity index (χ1v) is 10.2. The lowest BCUT2D eigenvalue weighted by atomic mass is 10.1. The fourth-order valence-corrected chi connectivity index (χ4v) is 4.65. The van der Waals surface area contributed by atoms with Gasteiger partial charge in [-0.3, -0.25) is 4.79 Å². The van der Waals surface area contributed by atoms with Gasteiger partial charge >= 0.3 is 0 Å². The molecule has 0 heterocycles. The molecule has 0 spiro atoms. The van der Waals surface area contributed by atoms with Gasteiger partial charge < -0.3 is 5.32 Å². The van der Waals surface area contributed by atoms with Gasteiger partial charge in [-0.1, -0.05) is 43.1 Å². The highest BCUT2D eigenvalue weighted by Gasteiger charge is 2.25. The molecule has 0 aliphatic carbocycles. The van der Waals surface area contributed by atoms with Crippen LogP contribution in [0.25, 0.3) is 0 Å². The Morgan fingerprint density at radius 3 is 2.31 bits per heavy atom. The molecule has 0 radical (unpaired) electrons. The van der Waals surface area contributed by atoms with Crippen molar-refractivity contribution in [2.75, 3.05) is 18.4 Å². The number of sulfonamides is 1. The molecular formula is C19H23ClN2O3S. The van der Waals surface area contributed by atoms with Gasteiger partial charge in [0, 0.05) is 24.3 Å². The van der Waals surface area contributed by atoms with Crippen LogP contribution in [0.4, 0.5) is 5.69 Å². The van der Waals surface area contributed by atoms with Crippen molar-refractivity contribution in [3.8, 4) is 0 Å². The molecule has 0 bridgehead atoms. The van der Waals surface area contributed by atoms with E-state index in [4.69, 9.17) is 11.6 Å². The minimum atomic E-state index is -3.75. The lowest BCUT2D eigenvalue weighted by Crippen LogP contribution is -2.31. The number of hydrogen-bond acceptors (Lipinski definition) is 3. The van der Waals surface area contributed by atoms with Crippen LogP contribution in [0.5, 0.6) is 0 Å². The van der Waals surface area contributed by atoms with Crippen molar-refractivity contribution < 1.29 is 13.2 Å². The van der Waals surface area contributed by atoms with E-state index in [1.807, 2.05) is 32.0 Å². The maximum atomic E-state index is 12.7. The summed E-state index contributed by atoms with van der Waals surface area (Å²) in [6.45, 7) is 8.04. The fraction of sp³-hybridized carbons (Fsp3) is 0.316. The Labute approximate surface area is 160 Å². The van der Waals surface area contributed by atoms with E-state index in [1.165, 1.54) is 22.5 Å². The second kappa shape index (κ2) is 8.20. The lowest BCUT2D eigenvalue weighted by Gasteiger charge is -2.19. The number of nitrogens with one attached hydrogen (secondary N) is 1. The predicted octanol–water partition coefficient (Wildman–Crippen LogP) is 4.24. The van der Waals surface area contributed by atoms with Gasteiger partial charge in [0.05, 0.1) is 5.02 Å². The number of hydrogen-bond donors (Lipinski definition) is 1. The average molecular weight is 395 g/mol. The van der Waals surface area contributed by atoms with Crippen LogP contribution in [0.15, 0.2) is 41.3 Å². The number of benzene rings is 2. The molecule has 7 heteroatoms. The van der Waals surface area contributed by atoms with Crippen molar-refractivity contribution in [1.29, 1.82) is 0 Å². The summed E-state index contributed by atoms with van der Waals surface area (Å²) in [6, 6.07) is 9.98.